The normalized spacial score (nSPS) is 22.5. The molecule has 4 N–H and O–H groups in total. The Labute approximate surface area is 216 Å². The van der Waals surface area contributed by atoms with Crippen LogP contribution in [0.2, 0.25) is 0 Å². The SMILES string of the molecule is CSc1ccc(C(=O)NCC(=O)N2CC(C)CC2C(=O)NC2(C(=O)C(N)=O)CCC(C)(C)CC2)cc1. The molecule has 2 unspecified atom stereocenters. The summed E-state index contributed by atoms with van der Waals surface area (Å²) in [7, 11) is 0. The van der Waals surface area contributed by atoms with E-state index >= 15 is 0 Å². The van der Waals surface area contributed by atoms with E-state index in [4.69, 9.17) is 5.73 Å². The number of nitrogens with two attached hydrogens (primary N) is 1. The van der Waals surface area contributed by atoms with Crippen LogP contribution < -0.4 is 16.4 Å². The first-order valence-corrected chi connectivity index (χ1v) is 13.5. The van der Waals surface area contributed by atoms with E-state index in [2.05, 4.69) is 24.5 Å². The zero-order chi connectivity index (χ0) is 26.7. The summed E-state index contributed by atoms with van der Waals surface area (Å²) >= 11 is 1.57. The average molecular weight is 517 g/mol. The highest BCUT2D eigenvalue weighted by Gasteiger charge is 2.49. The van der Waals surface area contributed by atoms with E-state index in [1.807, 2.05) is 25.3 Å². The third kappa shape index (κ3) is 6.27. The van der Waals surface area contributed by atoms with Gasteiger partial charge in [-0.2, -0.15) is 0 Å². The number of benzene rings is 1. The van der Waals surface area contributed by atoms with E-state index in [1.165, 1.54) is 4.90 Å². The molecule has 1 saturated carbocycles. The van der Waals surface area contributed by atoms with Crippen LogP contribution in [0.25, 0.3) is 0 Å². The predicted octanol–water partition coefficient (Wildman–Crippen LogP) is 1.88. The average Bonchev–Trinajstić information content (AvgIpc) is 3.25. The molecule has 1 aromatic rings. The number of nitrogens with zero attached hydrogens (tertiary/aromatic N) is 1. The van der Waals surface area contributed by atoms with Gasteiger partial charge in [-0.3, -0.25) is 24.0 Å². The maximum absolute atomic E-state index is 13.4. The molecule has 1 aliphatic heterocycles. The molecule has 2 aliphatic rings. The first-order valence-electron chi connectivity index (χ1n) is 12.3. The summed E-state index contributed by atoms with van der Waals surface area (Å²) in [4.78, 5) is 66.0. The minimum atomic E-state index is -1.35. The molecule has 1 saturated heterocycles. The molecule has 4 amide bonds. The second kappa shape index (κ2) is 11.0. The van der Waals surface area contributed by atoms with Crippen LogP contribution in [0, 0.1) is 11.3 Å². The van der Waals surface area contributed by atoms with Gasteiger partial charge in [0.05, 0.1) is 6.54 Å². The number of hydrogen-bond acceptors (Lipinski definition) is 6. The standard InChI is InChI=1S/C26H36N4O5S/c1-16-13-19(24(35)29-26(21(32)22(27)33)11-9-25(2,3)10-12-26)30(15-16)20(31)14-28-23(34)17-5-7-18(36-4)8-6-17/h5-8,16,19H,9-15H2,1-4H3,(H2,27,33)(H,28,34)(H,29,35). The maximum atomic E-state index is 13.4. The highest BCUT2D eigenvalue weighted by atomic mass is 32.2. The Hall–Kier alpha value is -2.88. The number of rotatable bonds is 8. The summed E-state index contributed by atoms with van der Waals surface area (Å²) < 4.78 is 0. The highest BCUT2D eigenvalue weighted by Crippen LogP contribution is 2.41. The number of likely N-dealkylation sites (tertiary alicyclic amines) is 1. The molecule has 36 heavy (non-hydrogen) atoms. The summed E-state index contributed by atoms with van der Waals surface area (Å²) in [6, 6.07) is 6.26. The van der Waals surface area contributed by atoms with Crippen molar-refractivity contribution in [3.05, 3.63) is 29.8 Å². The lowest BCUT2D eigenvalue weighted by molar-refractivity contribution is -0.145. The number of Topliss-reactive ketones (excluding diaryl/α,β-unsaturated/α-hetero) is 1. The summed E-state index contributed by atoms with van der Waals surface area (Å²) in [5.74, 6) is -3.03. The second-order valence-electron chi connectivity index (χ2n) is 10.7. The van der Waals surface area contributed by atoms with Crippen LogP contribution in [0.5, 0.6) is 0 Å². The molecule has 1 aromatic carbocycles. The first kappa shape index (κ1) is 27.7. The predicted molar refractivity (Wildman–Crippen MR) is 137 cm³/mol. The summed E-state index contributed by atoms with van der Waals surface area (Å²) in [5, 5.41) is 5.46. The lowest BCUT2D eigenvalue weighted by atomic mass is 9.67. The Kier molecular flexibility index (Phi) is 8.48. The molecule has 10 heteroatoms. The van der Waals surface area contributed by atoms with Crippen molar-refractivity contribution in [2.75, 3.05) is 19.3 Å². The van der Waals surface area contributed by atoms with Gasteiger partial charge < -0.3 is 21.3 Å². The third-order valence-electron chi connectivity index (χ3n) is 7.36. The molecular weight excluding hydrogens is 480 g/mol. The van der Waals surface area contributed by atoms with Gasteiger partial charge in [0, 0.05) is 17.0 Å². The molecule has 0 radical (unpaired) electrons. The fraction of sp³-hybridized carbons (Fsp3) is 0.577. The number of thioether (sulfide) groups is 1. The molecule has 1 heterocycles. The van der Waals surface area contributed by atoms with E-state index in [0.29, 0.717) is 44.2 Å². The third-order valence-corrected chi connectivity index (χ3v) is 8.11. The van der Waals surface area contributed by atoms with E-state index in [1.54, 1.807) is 23.9 Å². The zero-order valence-corrected chi connectivity index (χ0v) is 22.2. The molecule has 196 valence electrons. The Balaban J connectivity index is 1.68. The van der Waals surface area contributed by atoms with Crippen LogP contribution in [0.3, 0.4) is 0 Å². The molecule has 2 atom stereocenters. The minimum Gasteiger partial charge on any atom is -0.363 e. The van der Waals surface area contributed by atoms with Crippen molar-refractivity contribution in [2.45, 2.75) is 69.4 Å². The van der Waals surface area contributed by atoms with Gasteiger partial charge in [-0.05, 0) is 74.0 Å². The van der Waals surface area contributed by atoms with Gasteiger partial charge in [0.2, 0.25) is 17.6 Å². The molecule has 3 rings (SSSR count). The number of primary amides is 1. The van der Waals surface area contributed by atoms with Crippen molar-refractivity contribution in [2.24, 2.45) is 17.1 Å². The Bertz CT molecular complexity index is 1030. The maximum Gasteiger partial charge on any atom is 0.287 e. The number of carbonyl (C=O) groups is 5. The molecule has 2 fully saturated rings. The van der Waals surface area contributed by atoms with Crippen molar-refractivity contribution in [1.29, 1.82) is 0 Å². The van der Waals surface area contributed by atoms with Crippen LogP contribution in [-0.4, -0.2) is 65.2 Å². The number of carbonyl (C=O) groups excluding carboxylic acids is 5. The monoisotopic (exact) mass is 516 g/mol. The van der Waals surface area contributed by atoms with Gasteiger partial charge >= 0.3 is 0 Å². The lowest BCUT2D eigenvalue weighted by Crippen LogP contribution is -2.63. The van der Waals surface area contributed by atoms with Crippen LogP contribution in [-0.2, 0) is 19.2 Å². The molecular formula is C26H36N4O5S. The Morgan fingerprint density at radius 1 is 1.06 bits per heavy atom. The fourth-order valence-corrected chi connectivity index (χ4v) is 5.40. The van der Waals surface area contributed by atoms with Crippen LogP contribution in [0.1, 0.15) is 63.2 Å². The zero-order valence-electron chi connectivity index (χ0n) is 21.4. The first-order chi connectivity index (χ1) is 16.9. The molecule has 0 bridgehead atoms. The van der Waals surface area contributed by atoms with Crippen molar-refractivity contribution in [3.8, 4) is 0 Å². The largest absolute Gasteiger partial charge is 0.363 e. The summed E-state index contributed by atoms with van der Waals surface area (Å²) in [6.07, 6.45) is 4.30. The van der Waals surface area contributed by atoms with Crippen molar-refractivity contribution in [3.63, 3.8) is 0 Å². The van der Waals surface area contributed by atoms with Gasteiger partial charge in [-0.25, -0.2) is 0 Å². The van der Waals surface area contributed by atoms with E-state index in [0.717, 1.165) is 4.90 Å². The van der Waals surface area contributed by atoms with Crippen molar-refractivity contribution >= 4 is 41.2 Å². The lowest BCUT2D eigenvalue weighted by Gasteiger charge is -2.43. The summed E-state index contributed by atoms with van der Waals surface area (Å²) in [5.41, 5.74) is 4.41. The van der Waals surface area contributed by atoms with E-state index < -0.39 is 29.2 Å². The smallest absolute Gasteiger partial charge is 0.287 e. The van der Waals surface area contributed by atoms with Crippen molar-refractivity contribution < 1.29 is 24.0 Å². The minimum absolute atomic E-state index is 0.00999. The van der Waals surface area contributed by atoms with Crippen LogP contribution in [0.4, 0.5) is 0 Å². The second-order valence-corrected chi connectivity index (χ2v) is 11.6. The molecule has 1 aliphatic carbocycles. The molecule has 0 spiro atoms. The van der Waals surface area contributed by atoms with Crippen LogP contribution >= 0.6 is 11.8 Å². The van der Waals surface area contributed by atoms with E-state index in [-0.39, 0.29) is 29.7 Å². The number of nitrogens with one attached hydrogen (secondary N) is 2. The van der Waals surface area contributed by atoms with Gasteiger partial charge in [0.25, 0.3) is 11.8 Å². The molecule has 0 aromatic heterocycles. The quantitative estimate of drug-likeness (QED) is 0.356. The number of hydrogen-bond donors (Lipinski definition) is 3. The van der Waals surface area contributed by atoms with Gasteiger partial charge in [-0.15, -0.1) is 11.8 Å². The van der Waals surface area contributed by atoms with E-state index in [9.17, 15) is 24.0 Å². The Morgan fingerprint density at radius 2 is 1.67 bits per heavy atom. The van der Waals surface area contributed by atoms with Gasteiger partial charge in [-0.1, -0.05) is 20.8 Å². The number of ketones is 1. The van der Waals surface area contributed by atoms with Crippen molar-refractivity contribution in [1.82, 2.24) is 15.5 Å². The fourth-order valence-electron chi connectivity index (χ4n) is 4.99. The molecule has 9 nitrogen and oxygen atoms in total. The van der Waals surface area contributed by atoms with Gasteiger partial charge in [0.1, 0.15) is 11.6 Å². The van der Waals surface area contributed by atoms with Gasteiger partial charge in [0.15, 0.2) is 0 Å². The topological polar surface area (TPSA) is 139 Å². The Morgan fingerprint density at radius 3 is 2.22 bits per heavy atom. The highest BCUT2D eigenvalue weighted by molar-refractivity contribution is 7.98. The number of amides is 4. The van der Waals surface area contributed by atoms with Crippen LogP contribution in [0.15, 0.2) is 29.2 Å². The summed E-state index contributed by atoms with van der Waals surface area (Å²) in [6.45, 7) is 6.21.